The van der Waals surface area contributed by atoms with Crippen LogP contribution in [-0.4, -0.2) is 32.4 Å². The summed E-state index contributed by atoms with van der Waals surface area (Å²) in [6.07, 6.45) is -3.75. The van der Waals surface area contributed by atoms with Gasteiger partial charge < -0.3 is 15.4 Å². The van der Waals surface area contributed by atoms with Crippen molar-refractivity contribution < 1.29 is 22.7 Å². The topological polar surface area (TPSA) is 50.4 Å². The van der Waals surface area contributed by atoms with Crippen molar-refractivity contribution >= 4 is 5.91 Å². The Morgan fingerprint density at radius 1 is 1.20 bits per heavy atom. The van der Waals surface area contributed by atoms with Gasteiger partial charge >= 0.3 is 6.36 Å². The second kappa shape index (κ2) is 7.74. The van der Waals surface area contributed by atoms with Gasteiger partial charge in [0, 0.05) is 6.54 Å². The molecule has 112 valence electrons. The van der Waals surface area contributed by atoms with Crippen molar-refractivity contribution in [3.63, 3.8) is 0 Å². The minimum Gasteiger partial charge on any atom is -0.406 e. The Balaban J connectivity index is 2.39. The van der Waals surface area contributed by atoms with Crippen molar-refractivity contribution in [1.29, 1.82) is 0 Å². The summed E-state index contributed by atoms with van der Waals surface area (Å²) >= 11 is 0. The SMILES string of the molecule is CNCCCNC(=O)Cc1ccc(OC(F)(F)F)cc1. The van der Waals surface area contributed by atoms with Crippen molar-refractivity contribution in [2.24, 2.45) is 0 Å². The highest BCUT2D eigenvalue weighted by Gasteiger charge is 2.30. The first-order chi connectivity index (χ1) is 9.40. The molecule has 1 aromatic rings. The van der Waals surface area contributed by atoms with Crippen LogP contribution in [0.5, 0.6) is 5.75 Å². The minimum atomic E-state index is -4.70. The lowest BCUT2D eigenvalue weighted by molar-refractivity contribution is -0.274. The van der Waals surface area contributed by atoms with Crippen molar-refractivity contribution in [3.8, 4) is 5.75 Å². The van der Waals surface area contributed by atoms with Gasteiger partial charge in [-0.05, 0) is 37.7 Å². The number of alkyl halides is 3. The van der Waals surface area contributed by atoms with Gasteiger partial charge in [0.1, 0.15) is 5.75 Å². The van der Waals surface area contributed by atoms with E-state index in [0.29, 0.717) is 12.1 Å². The van der Waals surface area contributed by atoms with E-state index in [1.807, 2.05) is 7.05 Å². The maximum Gasteiger partial charge on any atom is 0.573 e. The molecule has 0 spiro atoms. The number of rotatable bonds is 7. The average Bonchev–Trinajstić information content (AvgIpc) is 2.35. The van der Waals surface area contributed by atoms with E-state index in [-0.39, 0.29) is 18.1 Å². The van der Waals surface area contributed by atoms with Crippen LogP contribution in [0.2, 0.25) is 0 Å². The van der Waals surface area contributed by atoms with E-state index in [1.54, 1.807) is 0 Å². The molecular formula is C13H17F3N2O2. The molecule has 0 radical (unpaired) electrons. The van der Waals surface area contributed by atoms with Crippen LogP contribution in [0.1, 0.15) is 12.0 Å². The van der Waals surface area contributed by atoms with E-state index in [1.165, 1.54) is 24.3 Å². The predicted octanol–water partition coefficient (Wildman–Crippen LogP) is 1.85. The van der Waals surface area contributed by atoms with Crippen LogP contribution in [0, 0.1) is 0 Å². The summed E-state index contributed by atoms with van der Waals surface area (Å²) in [5.74, 6) is -0.457. The molecule has 0 aromatic heterocycles. The second-order valence-corrected chi connectivity index (χ2v) is 4.18. The Labute approximate surface area is 115 Å². The fraction of sp³-hybridized carbons (Fsp3) is 0.462. The number of carbonyl (C=O) groups excluding carboxylic acids is 1. The Hall–Kier alpha value is -1.76. The summed E-state index contributed by atoms with van der Waals surface area (Å²) in [6, 6.07) is 5.26. The molecule has 0 atom stereocenters. The largest absolute Gasteiger partial charge is 0.573 e. The maximum absolute atomic E-state index is 12.0. The summed E-state index contributed by atoms with van der Waals surface area (Å²) in [5, 5.41) is 5.69. The molecular weight excluding hydrogens is 273 g/mol. The van der Waals surface area contributed by atoms with Crippen LogP contribution in [0.3, 0.4) is 0 Å². The van der Waals surface area contributed by atoms with E-state index in [4.69, 9.17) is 0 Å². The van der Waals surface area contributed by atoms with Crippen LogP contribution >= 0.6 is 0 Å². The lowest BCUT2D eigenvalue weighted by Gasteiger charge is -2.09. The fourth-order valence-electron chi connectivity index (χ4n) is 1.55. The second-order valence-electron chi connectivity index (χ2n) is 4.18. The van der Waals surface area contributed by atoms with Gasteiger partial charge in [-0.1, -0.05) is 12.1 Å². The highest BCUT2D eigenvalue weighted by molar-refractivity contribution is 5.78. The fourth-order valence-corrected chi connectivity index (χ4v) is 1.55. The van der Waals surface area contributed by atoms with Gasteiger partial charge in [-0.25, -0.2) is 0 Å². The zero-order valence-electron chi connectivity index (χ0n) is 11.1. The number of halogens is 3. The van der Waals surface area contributed by atoms with E-state index >= 15 is 0 Å². The average molecular weight is 290 g/mol. The number of hydrogen-bond acceptors (Lipinski definition) is 3. The summed E-state index contributed by atoms with van der Waals surface area (Å²) in [4.78, 5) is 11.5. The smallest absolute Gasteiger partial charge is 0.406 e. The monoisotopic (exact) mass is 290 g/mol. The van der Waals surface area contributed by atoms with Gasteiger partial charge in [0.25, 0.3) is 0 Å². The van der Waals surface area contributed by atoms with Crippen molar-refractivity contribution in [2.75, 3.05) is 20.1 Å². The molecule has 1 aromatic carbocycles. The first kappa shape index (κ1) is 16.3. The van der Waals surface area contributed by atoms with Crippen molar-refractivity contribution in [3.05, 3.63) is 29.8 Å². The first-order valence-electron chi connectivity index (χ1n) is 6.16. The summed E-state index contributed by atoms with van der Waals surface area (Å²) in [7, 11) is 1.83. The number of hydrogen-bond donors (Lipinski definition) is 2. The molecule has 0 saturated carbocycles. The number of nitrogens with one attached hydrogen (secondary N) is 2. The van der Waals surface area contributed by atoms with E-state index in [2.05, 4.69) is 15.4 Å². The molecule has 0 saturated heterocycles. The third-order valence-corrected chi connectivity index (χ3v) is 2.45. The lowest BCUT2D eigenvalue weighted by Crippen LogP contribution is -2.27. The first-order valence-corrected chi connectivity index (χ1v) is 6.16. The number of carbonyl (C=O) groups is 1. The van der Waals surface area contributed by atoms with Crippen LogP contribution in [0.25, 0.3) is 0 Å². The highest BCUT2D eigenvalue weighted by Crippen LogP contribution is 2.22. The standard InChI is InChI=1S/C13H17F3N2O2/c1-17-7-2-8-18-12(19)9-10-3-5-11(6-4-10)20-13(14,15)16/h3-6,17H,2,7-9H2,1H3,(H,18,19). The molecule has 0 heterocycles. The van der Waals surface area contributed by atoms with Gasteiger partial charge in [-0.2, -0.15) is 0 Å². The van der Waals surface area contributed by atoms with Crippen molar-refractivity contribution in [2.45, 2.75) is 19.2 Å². The number of benzene rings is 1. The predicted molar refractivity (Wildman–Crippen MR) is 68.4 cm³/mol. The van der Waals surface area contributed by atoms with Gasteiger partial charge in [0.05, 0.1) is 6.42 Å². The molecule has 0 aliphatic heterocycles. The molecule has 0 bridgehead atoms. The van der Waals surface area contributed by atoms with Crippen LogP contribution in [0.4, 0.5) is 13.2 Å². The van der Waals surface area contributed by atoms with Crippen LogP contribution in [-0.2, 0) is 11.2 Å². The van der Waals surface area contributed by atoms with E-state index < -0.39 is 6.36 Å². The molecule has 20 heavy (non-hydrogen) atoms. The Kier molecular flexibility index (Phi) is 6.30. The van der Waals surface area contributed by atoms with Gasteiger partial charge in [-0.15, -0.1) is 13.2 Å². The Morgan fingerprint density at radius 3 is 2.40 bits per heavy atom. The van der Waals surface area contributed by atoms with Crippen molar-refractivity contribution in [1.82, 2.24) is 10.6 Å². The van der Waals surface area contributed by atoms with E-state index in [0.717, 1.165) is 13.0 Å². The zero-order valence-corrected chi connectivity index (χ0v) is 11.1. The van der Waals surface area contributed by atoms with Gasteiger partial charge in [-0.3, -0.25) is 4.79 Å². The van der Waals surface area contributed by atoms with Crippen LogP contribution in [0.15, 0.2) is 24.3 Å². The molecule has 4 nitrogen and oxygen atoms in total. The van der Waals surface area contributed by atoms with E-state index in [9.17, 15) is 18.0 Å². The third kappa shape index (κ3) is 6.98. The molecule has 7 heteroatoms. The van der Waals surface area contributed by atoms with Gasteiger partial charge in [0.2, 0.25) is 5.91 Å². The Bertz CT molecular complexity index is 419. The minimum absolute atomic E-state index is 0.131. The van der Waals surface area contributed by atoms with Crippen LogP contribution < -0.4 is 15.4 Å². The molecule has 0 aliphatic rings. The Morgan fingerprint density at radius 2 is 1.85 bits per heavy atom. The summed E-state index contributed by atoms with van der Waals surface area (Å²) in [6.45, 7) is 1.37. The van der Waals surface area contributed by atoms with Gasteiger partial charge in [0.15, 0.2) is 0 Å². The quantitative estimate of drug-likeness (QED) is 0.754. The number of ether oxygens (including phenoxy) is 1. The maximum atomic E-state index is 12.0. The summed E-state index contributed by atoms with van der Waals surface area (Å²) in [5.41, 5.74) is 0.630. The molecule has 0 fully saturated rings. The number of amides is 1. The molecule has 1 rings (SSSR count). The third-order valence-electron chi connectivity index (χ3n) is 2.45. The normalized spacial score (nSPS) is 11.2. The summed E-state index contributed by atoms with van der Waals surface area (Å²) < 4.78 is 39.6. The zero-order chi connectivity index (χ0) is 15.0. The molecule has 1 amide bonds. The molecule has 0 unspecified atom stereocenters. The molecule has 0 aliphatic carbocycles. The highest BCUT2D eigenvalue weighted by atomic mass is 19.4. The molecule has 2 N–H and O–H groups in total. The lowest BCUT2D eigenvalue weighted by atomic mass is 10.1.